The summed E-state index contributed by atoms with van der Waals surface area (Å²) in [5, 5.41) is 8.89. The summed E-state index contributed by atoms with van der Waals surface area (Å²) in [6.45, 7) is 0. The van der Waals surface area contributed by atoms with Gasteiger partial charge in [-0.3, -0.25) is 4.79 Å². The van der Waals surface area contributed by atoms with Gasteiger partial charge in [-0.25, -0.2) is 8.78 Å². The highest BCUT2D eigenvalue weighted by Crippen LogP contribution is 2.34. The number of pyridine rings is 1. The first-order chi connectivity index (χ1) is 9.03. The Morgan fingerprint density at radius 1 is 1.45 bits per heavy atom. The number of ether oxygens (including phenoxy) is 1. The standard InChI is InChI=1S/C8H2ClF5N2O4/c9-4(17)2-1-3(5(10)11)6(16(18)19)15-7(2)20-8(12,13)14/h1,5H. The van der Waals surface area contributed by atoms with Crippen LogP contribution in [0, 0.1) is 10.1 Å². The quantitative estimate of drug-likeness (QED) is 0.368. The van der Waals surface area contributed by atoms with E-state index in [1.54, 1.807) is 0 Å². The van der Waals surface area contributed by atoms with Crippen LogP contribution < -0.4 is 4.74 Å². The van der Waals surface area contributed by atoms with E-state index in [0.717, 1.165) is 0 Å². The molecule has 0 saturated heterocycles. The summed E-state index contributed by atoms with van der Waals surface area (Å²) >= 11 is 4.90. The van der Waals surface area contributed by atoms with E-state index in [9.17, 15) is 36.9 Å². The summed E-state index contributed by atoms with van der Waals surface area (Å²) in [6, 6.07) is 0.131. The molecule has 0 unspecified atom stereocenters. The topological polar surface area (TPSA) is 82.3 Å². The number of carbonyl (C=O) groups is 1. The van der Waals surface area contributed by atoms with Crippen molar-refractivity contribution in [1.82, 2.24) is 4.98 Å². The maximum Gasteiger partial charge on any atom is 0.575 e. The second-order valence-electron chi connectivity index (χ2n) is 3.13. The van der Waals surface area contributed by atoms with Crippen LogP contribution >= 0.6 is 11.6 Å². The Hall–Kier alpha value is -2.04. The van der Waals surface area contributed by atoms with E-state index in [-0.39, 0.29) is 6.07 Å². The van der Waals surface area contributed by atoms with Crippen molar-refractivity contribution < 1.29 is 36.4 Å². The highest BCUT2D eigenvalue weighted by atomic mass is 35.5. The normalized spacial score (nSPS) is 11.6. The molecule has 0 spiro atoms. The molecule has 0 radical (unpaired) electrons. The second kappa shape index (κ2) is 5.53. The molecule has 0 fully saturated rings. The molecule has 6 nitrogen and oxygen atoms in total. The van der Waals surface area contributed by atoms with Gasteiger partial charge in [0.15, 0.2) is 0 Å². The zero-order chi connectivity index (χ0) is 15.7. The largest absolute Gasteiger partial charge is 0.575 e. The summed E-state index contributed by atoms with van der Waals surface area (Å²) in [4.78, 5) is 22.6. The minimum Gasteiger partial charge on any atom is -0.366 e. The fourth-order valence-corrected chi connectivity index (χ4v) is 1.27. The Morgan fingerprint density at radius 2 is 2.00 bits per heavy atom. The molecule has 110 valence electrons. The van der Waals surface area contributed by atoms with Crippen LogP contribution in [0.1, 0.15) is 22.3 Å². The highest BCUT2D eigenvalue weighted by molar-refractivity contribution is 6.68. The molecule has 1 heterocycles. The van der Waals surface area contributed by atoms with Crippen LogP contribution in [0.5, 0.6) is 5.88 Å². The molecule has 0 aliphatic carbocycles. The van der Waals surface area contributed by atoms with Gasteiger partial charge in [0, 0.05) is 4.98 Å². The number of halogens is 6. The number of alkyl halides is 5. The fourth-order valence-electron chi connectivity index (χ4n) is 1.14. The molecular formula is C8H2ClF5N2O4. The van der Waals surface area contributed by atoms with Gasteiger partial charge < -0.3 is 14.9 Å². The summed E-state index contributed by atoms with van der Waals surface area (Å²) < 4.78 is 64.5. The SMILES string of the molecule is O=C(Cl)c1cc(C(F)F)c([N+](=O)[O-])nc1OC(F)(F)F. The lowest BCUT2D eigenvalue weighted by Gasteiger charge is -2.09. The molecule has 0 aromatic carbocycles. The lowest BCUT2D eigenvalue weighted by atomic mass is 10.2. The molecule has 1 aromatic heterocycles. The molecule has 1 aromatic rings. The van der Waals surface area contributed by atoms with Crippen LogP contribution in [0.2, 0.25) is 0 Å². The van der Waals surface area contributed by atoms with E-state index in [1.165, 1.54) is 0 Å². The highest BCUT2D eigenvalue weighted by Gasteiger charge is 2.38. The third-order valence-corrected chi connectivity index (χ3v) is 2.03. The van der Waals surface area contributed by atoms with Crippen LogP contribution in [0.25, 0.3) is 0 Å². The van der Waals surface area contributed by atoms with Crippen molar-refractivity contribution >= 4 is 22.7 Å². The summed E-state index contributed by atoms with van der Waals surface area (Å²) in [5.74, 6) is -3.14. The average molecular weight is 321 g/mol. The molecule has 0 aliphatic rings. The van der Waals surface area contributed by atoms with Crippen molar-refractivity contribution in [1.29, 1.82) is 0 Å². The van der Waals surface area contributed by atoms with Gasteiger partial charge in [0.25, 0.3) is 11.7 Å². The second-order valence-corrected chi connectivity index (χ2v) is 3.48. The van der Waals surface area contributed by atoms with Crippen molar-refractivity contribution in [3.63, 3.8) is 0 Å². The van der Waals surface area contributed by atoms with Gasteiger partial charge in [0.2, 0.25) is 0 Å². The fraction of sp³-hybridized carbons (Fsp3) is 0.250. The number of rotatable bonds is 4. The number of hydrogen-bond donors (Lipinski definition) is 0. The maximum atomic E-state index is 12.5. The molecule has 0 aliphatic heterocycles. The number of nitrogens with zero attached hydrogens (tertiary/aromatic N) is 2. The van der Waals surface area contributed by atoms with Crippen molar-refractivity contribution in [3.05, 3.63) is 27.3 Å². The molecule has 12 heteroatoms. The minimum atomic E-state index is -5.34. The predicted molar refractivity (Wildman–Crippen MR) is 52.7 cm³/mol. The lowest BCUT2D eigenvalue weighted by Crippen LogP contribution is -2.20. The Labute approximate surface area is 111 Å². The van der Waals surface area contributed by atoms with Gasteiger partial charge in [-0.05, 0) is 22.6 Å². The van der Waals surface area contributed by atoms with E-state index in [2.05, 4.69) is 9.72 Å². The lowest BCUT2D eigenvalue weighted by molar-refractivity contribution is -0.391. The Kier molecular flexibility index (Phi) is 4.43. The van der Waals surface area contributed by atoms with E-state index < -0.39 is 45.8 Å². The van der Waals surface area contributed by atoms with Crippen LogP contribution in [0.3, 0.4) is 0 Å². The van der Waals surface area contributed by atoms with Gasteiger partial charge in [-0.15, -0.1) is 13.2 Å². The molecule has 0 N–H and O–H groups in total. The minimum absolute atomic E-state index is 0.131. The van der Waals surface area contributed by atoms with Crippen molar-refractivity contribution in [2.75, 3.05) is 0 Å². The predicted octanol–water partition coefficient (Wildman–Crippen LogP) is 3.21. The van der Waals surface area contributed by atoms with Gasteiger partial charge in [-0.2, -0.15) is 0 Å². The van der Waals surface area contributed by atoms with Crippen molar-refractivity contribution in [2.45, 2.75) is 12.8 Å². The van der Waals surface area contributed by atoms with Crippen LogP contribution in [0.4, 0.5) is 27.8 Å². The van der Waals surface area contributed by atoms with Crippen molar-refractivity contribution in [3.8, 4) is 5.88 Å². The molecular weight excluding hydrogens is 319 g/mol. The molecule has 20 heavy (non-hydrogen) atoms. The first-order valence-electron chi connectivity index (χ1n) is 4.46. The molecule has 0 saturated carbocycles. The summed E-state index contributed by atoms with van der Waals surface area (Å²) in [5.41, 5.74) is -2.52. The zero-order valence-corrected chi connectivity index (χ0v) is 9.71. The Bertz CT molecular complexity index is 563. The summed E-state index contributed by atoms with van der Waals surface area (Å²) in [6.07, 6.45) is -8.79. The van der Waals surface area contributed by atoms with Gasteiger partial charge in [-0.1, -0.05) is 0 Å². The molecule has 0 bridgehead atoms. The summed E-state index contributed by atoms with van der Waals surface area (Å²) in [7, 11) is 0. The van der Waals surface area contributed by atoms with Gasteiger partial charge in [0.1, 0.15) is 11.1 Å². The number of nitro groups is 1. The van der Waals surface area contributed by atoms with Gasteiger partial charge in [0.05, 0.1) is 0 Å². The first-order valence-corrected chi connectivity index (χ1v) is 4.83. The van der Waals surface area contributed by atoms with E-state index in [1.807, 2.05) is 0 Å². The van der Waals surface area contributed by atoms with Crippen molar-refractivity contribution in [2.24, 2.45) is 0 Å². The maximum absolute atomic E-state index is 12.5. The van der Waals surface area contributed by atoms with E-state index in [0.29, 0.717) is 0 Å². The number of aromatic nitrogens is 1. The molecule has 0 atom stereocenters. The molecule has 0 amide bonds. The third-order valence-electron chi connectivity index (χ3n) is 1.83. The number of hydrogen-bond acceptors (Lipinski definition) is 5. The van der Waals surface area contributed by atoms with Gasteiger partial charge >= 0.3 is 18.1 Å². The smallest absolute Gasteiger partial charge is 0.366 e. The molecule has 1 rings (SSSR count). The first kappa shape index (κ1) is 16.0. The average Bonchev–Trinajstić information content (AvgIpc) is 2.25. The van der Waals surface area contributed by atoms with E-state index in [4.69, 9.17) is 11.6 Å². The number of carbonyl (C=O) groups excluding carboxylic acids is 1. The van der Waals surface area contributed by atoms with E-state index >= 15 is 0 Å². The van der Waals surface area contributed by atoms with Crippen LogP contribution in [0.15, 0.2) is 6.07 Å². The Morgan fingerprint density at radius 3 is 2.35 bits per heavy atom. The zero-order valence-electron chi connectivity index (χ0n) is 8.95. The Balaban J connectivity index is 3.53. The monoisotopic (exact) mass is 320 g/mol. The van der Waals surface area contributed by atoms with Crippen LogP contribution in [-0.2, 0) is 0 Å². The third kappa shape index (κ3) is 3.73. The van der Waals surface area contributed by atoms with Crippen LogP contribution in [-0.4, -0.2) is 21.5 Å².